The second-order valence-corrected chi connectivity index (χ2v) is 6.99. The molecule has 0 aliphatic carbocycles. The first-order valence-corrected chi connectivity index (χ1v) is 10.5. The fraction of sp³-hybridized carbons (Fsp3) is 0.800. The lowest BCUT2D eigenvalue weighted by Crippen LogP contribution is -2.42. The van der Waals surface area contributed by atoms with E-state index in [1.54, 1.807) is 0 Å². The maximum Gasteiger partial charge on any atom is 0.327 e. The van der Waals surface area contributed by atoms with Gasteiger partial charge in [-0.3, -0.25) is 4.79 Å². The van der Waals surface area contributed by atoms with Crippen molar-refractivity contribution in [3.63, 3.8) is 0 Å². The molecule has 0 aromatic rings. The molecule has 0 aromatic heterocycles. The second kappa shape index (κ2) is 17.8. The molecule has 25 heavy (non-hydrogen) atoms. The highest BCUT2D eigenvalue weighted by atomic mass is 32.1. The van der Waals surface area contributed by atoms with Crippen molar-refractivity contribution < 1.29 is 14.7 Å². The Labute approximate surface area is 159 Å². The van der Waals surface area contributed by atoms with E-state index in [1.165, 1.54) is 44.9 Å². The molecule has 0 spiro atoms. The van der Waals surface area contributed by atoms with Crippen molar-refractivity contribution in [3.8, 4) is 0 Å². The van der Waals surface area contributed by atoms with Crippen molar-refractivity contribution in [3.05, 3.63) is 12.2 Å². The molecule has 4 nitrogen and oxygen atoms in total. The van der Waals surface area contributed by atoms with Gasteiger partial charge in [0.05, 0.1) is 0 Å². The van der Waals surface area contributed by atoms with Crippen molar-refractivity contribution >= 4 is 24.5 Å². The second-order valence-electron chi connectivity index (χ2n) is 6.62. The number of unbranched alkanes of at least 4 members (excludes halogenated alkanes) is 10. The van der Waals surface area contributed by atoms with Crippen molar-refractivity contribution in [2.24, 2.45) is 0 Å². The lowest BCUT2D eigenvalue weighted by atomic mass is 10.1. The quantitative estimate of drug-likeness (QED) is 0.189. The van der Waals surface area contributed by atoms with E-state index in [4.69, 9.17) is 5.11 Å². The summed E-state index contributed by atoms with van der Waals surface area (Å²) in [7, 11) is 0. The van der Waals surface area contributed by atoms with E-state index in [1.807, 2.05) is 0 Å². The minimum absolute atomic E-state index is 0.117. The van der Waals surface area contributed by atoms with Crippen LogP contribution >= 0.6 is 12.6 Å². The molecule has 2 N–H and O–H groups in total. The number of carbonyl (C=O) groups excluding carboxylic acids is 1. The number of nitrogens with one attached hydrogen (secondary N) is 1. The highest BCUT2D eigenvalue weighted by Gasteiger charge is 2.17. The SMILES string of the molecule is CCCCCCCCC=CCCCCCCC(=O)NC(CS)C(=O)O. The van der Waals surface area contributed by atoms with Gasteiger partial charge in [-0.1, -0.05) is 64.0 Å². The number of thiol groups is 1. The van der Waals surface area contributed by atoms with Crippen molar-refractivity contribution in [1.82, 2.24) is 5.32 Å². The summed E-state index contributed by atoms with van der Waals surface area (Å²) in [6, 6.07) is -0.882. The molecule has 146 valence electrons. The molecule has 0 rings (SSSR count). The predicted octanol–water partition coefficient (Wildman–Crippen LogP) is 5.13. The Morgan fingerprint density at radius 3 is 1.96 bits per heavy atom. The maximum atomic E-state index is 11.6. The first-order chi connectivity index (χ1) is 12.1. The van der Waals surface area contributed by atoms with Gasteiger partial charge in [0.25, 0.3) is 0 Å². The van der Waals surface area contributed by atoms with E-state index in [0.29, 0.717) is 6.42 Å². The summed E-state index contributed by atoms with van der Waals surface area (Å²) in [5, 5.41) is 11.3. The standard InChI is InChI=1S/C20H37NO3S/c1-2-3-4-5-6-7-8-9-10-11-12-13-14-15-16-19(22)21-18(17-25)20(23)24/h9-10,18,25H,2-8,11-17H2,1H3,(H,21,22)(H,23,24). The Morgan fingerprint density at radius 1 is 0.920 bits per heavy atom. The largest absolute Gasteiger partial charge is 0.480 e. The molecule has 0 fully saturated rings. The molecule has 0 aliphatic rings. The molecular weight excluding hydrogens is 334 g/mol. The van der Waals surface area contributed by atoms with Crippen LogP contribution in [0.15, 0.2) is 12.2 Å². The van der Waals surface area contributed by atoms with Crippen molar-refractivity contribution in [2.75, 3.05) is 5.75 Å². The van der Waals surface area contributed by atoms with Gasteiger partial charge in [-0.15, -0.1) is 0 Å². The number of carboxylic acid groups (broad SMARTS) is 1. The summed E-state index contributed by atoms with van der Waals surface area (Å²) in [5.41, 5.74) is 0. The third-order valence-corrected chi connectivity index (χ3v) is 4.60. The summed E-state index contributed by atoms with van der Waals surface area (Å²) in [4.78, 5) is 22.4. The number of allylic oxidation sites excluding steroid dienone is 2. The van der Waals surface area contributed by atoms with Crippen molar-refractivity contribution in [2.45, 2.75) is 96.4 Å². The summed E-state index contributed by atoms with van der Waals surface area (Å²) < 4.78 is 0. The summed E-state index contributed by atoms with van der Waals surface area (Å²) in [6.07, 6.45) is 19.5. The third kappa shape index (κ3) is 16.3. The molecule has 1 amide bonds. The zero-order valence-electron chi connectivity index (χ0n) is 15.8. The molecule has 0 heterocycles. The minimum Gasteiger partial charge on any atom is -0.480 e. The fourth-order valence-corrected chi connectivity index (χ4v) is 2.88. The number of carboxylic acids is 1. The predicted molar refractivity (Wildman–Crippen MR) is 108 cm³/mol. The van der Waals surface area contributed by atoms with Crippen LogP contribution in [0.4, 0.5) is 0 Å². The molecule has 1 unspecified atom stereocenters. The lowest BCUT2D eigenvalue weighted by molar-refractivity contribution is -0.141. The third-order valence-electron chi connectivity index (χ3n) is 4.23. The molecule has 1 atom stereocenters. The summed E-state index contributed by atoms with van der Waals surface area (Å²) in [5.74, 6) is -1.11. The molecule has 0 saturated carbocycles. The molecule has 0 saturated heterocycles. The van der Waals surface area contributed by atoms with Crippen LogP contribution < -0.4 is 5.32 Å². The van der Waals surface area contributed by atoms with Gasteiger partial charge >= 0.3 is 5.97 Å². The Bertz CT molecular complexity index is 372. The fourth-order valence-electron chi connectivity index (χ4n) is 2.63. The molecule has 5 heteroatoms. The zero-order chi connectivity index (χ0) is 18.8. The van der Waals surface area contributed by atoms with Crippen molar-refractivity contribution in [1.29, 1.82) is 0 Å². The van der Waals surface area contributed by atoms with Gasteiger partial charge in [0.15, 0.2) is 0 Å². The summed E-state index contributed by atoms with van der Waals surface area (Å²) in [6.45, 7) is 2.25. The number of rotatable bonds is 17. The first-order valence-electron chi connectivity index (χ1n) is 9.89. The normalized spacial score (nSPS) is 12.4. The van der Waals surface area contributed by atoms with Crippen LogP contribution in [0.1, 0.15) is 90.4 Å². The van der Waals surface area contributed by atoms with Gasteiger partial charge < -0.3 is 10.4 Å². The van der Waals surface area contributed by atoms with Gasteiger partial charge in [-0.25, -0.2) is 4.79 Å². The first kappa shape index (κ1) is 24.0. The van der Waals surface area contributed by atoms with Crippen LogP contribution in [0, 0.1) is 0 Å². The van der Waals surface area contributed by atoms with Crippen LogP contribution in [0.5, 0.6) is 0 Å². The lowest BCUT2D eigenvalue weighted by Gasteiger charge is -2.11. The minimum atomic E-state index is -1.03. The Morgan fingerprint density at radius 2 is 1.44 bits per heavy atom. The van der Waals surface area contributed by atoms with E-state index < -0.39 is 12.0 Å². The Hall–Kier alpha value is -0.970. The van der Waals surface area contributed by atoms with E-state index in [0.717, 1.165) is 32.1 Å². The average molecular weight is 372 g/mol. The smallest absolute Gasteiger partial charge is 0.327 e. The van der Waals surface area contributed by atoms with Crippen LogP contribution in [0.25, 0.3) is 0 Å². The van der Waals surface area contributed by atoms with E-state index >= 15 is 0 Å². The van der Waals surface area contributed by atoms with Crippen LogP contribution in [0.2, 0.25) is 0 Å². The van der Waals surface area contributed by atoms with Crippen LogP contribution in [0.3, 0.4) is 0 Å². The number of aliphatic carboxylic acids is 1. The molecule has 0 radical (unpaired) electrons. The molecule has 0 aromatic carbocycles. The highest BCUT2D eigenvalue weighted by molar-refractivity contribution is 7.80. The zero-order valence-corrected chi connectivity index (χ0v) is 16.7. The molecular formula is C20H37NO3S. The van der Waals surface area contributed by atoms with Gasteiger partial charge in [0.1, 0.15) is 6.04 Å². The Kier molecular flexibility index (Phi) is 17.1. The van der Waals surface area contributed by atoms with E-state index in [-0.39, 0.29) is 11.7 Å². The molecule has 0 aliphatic heterocycles. The van der Waals surface area contributed by atoms with E-state index in [9.17, 15) is 9.59 Å². The summed E-state index contributed by atoms with van der Waals surface area (Å²) >= 11 is 3.92. The maximum absolute atomic E-state index is 11.6. The number of amides is 1. The number of carbonyl (C=O) groups is 2. The van der Waals surface area contributed by atoms with Gasteiger partial charge in [-0.2, -0.15) is 12.6 Å². The monoisotopic (exact) mass is 371 g/mol. The highest BCUT2D eigenvalue weighted by Crippen LogP contribution is 2.09. The Balaban J connectivity index is 3.39. The van der Waals surface area contributed by atoms with E-state index in [2.05, 4.69) is 37.0 Å². The van der Waals surface area contributed by atoms with Crippen LogP contribution in [-0.2, 0) is 9.59 Å². The topological polar surface area (TPSA) is 66.4 Å². The number of hydrogen-bond donors (Lipinski definition) is 3. The van der Waals surface area contributed by atoms with Gasteiger partial charge in [-0.05, 0) is 32.1 Å². The molecule has 0 bridgehead atoms. The number of hydrogen-bond acceptors (Lipinski definition) is 3. The van der Waals surface area contributed by atoms with Gasteiger partial charge in [0.2, 0.25) is 5.91 Å². The van der Waals surface area contributed by atoms with Gasteiger partial charge in [0, 0.05) is 12.2 Å². The van der Waals surface area contributed by atoms with Crippen LogP contribution in [-0.4, -0.2) is 28.8 Å². The average Bonchev–Trinajstić information content (AvgIpc) is 2.59.